The van der Waals surface area contributed by atoms with E-state index in [-0.39, 0.29) is 11.7 Å². The molecule has 0 bridgehead atoms. The highest BCUT2D eigenvalue weighted by Crippen LogP contribution is 2.15. The van der Waals surface area contributed by atoms with Crippen LogP contribution in [0.2, 0.25) is 0 Å². The van der Waals surface area contributed by atoms with Gasteiger partial charge >= 0.3 is 11.7 Å². The first-order valence-corrected chi connectivity index (χ1v) is 8.86. The fourth-order valence-corrected chi connectivity index (χ4v) is 2.55. The zero-order chi connectivity index (χ0) is 20.1. The zero-order valence-corrected chi connectivity index (χ0v) is 15.6. The summed E-state index contributed by atoms with van der Waals surface area (Å²) >= 11 is 0. The molecule has 0 saturated carbocycles. The van der Waals surface area contributed by atoms with E-state index in [9.17, 15) is 14.4 Å². The largest absolute Gasteiger partial charge is 0.456 e. The molecular formula is C21H20N2O5. The molecule has 0 aliphatic carbocycles. The van der Waals surface area contributed by atoms with Gasteiger partial charge in [-0.2, -0.15) is 4.68 Å². The quantitative estimate of drug-likeness (QED) is 0.462. The summed E-state index contributed by atoms with van der Waals surface area (Å²) in [5, 5.41) is 3.98. The third kappa shape index (κ3) is 4.62. The molecular weight excluding hydrogens is 360 g/mol. The minimum Gasteiger partial charge on any atom is -0.456 e. The average molecular weight is 380 g/mol. The number of rotatable bonds is 7. The lowest BCUT2D eigenvalue weighted by atomic mass is 10.0. The lowest BCUT2D eigenvalue weighted by Gasteiger charge is -2.07. The number of Topliss-reactive ketones (excluding diaryl/α,β-unsaturated/α-hetero) is 1. The van der Waals surface area contributed by atoms with Gasteiger partial charge < -0.3 is 9.15 Å². The third-order valence-electron chi connectivity index (χ3n) is 4.17. The number of aromatic nitrogens is 2. The van der Waals surface area contributed by atoms with Crippen molar-refractivity contribution < 1.29 is 18.7 Å². The molecule has 0 saturated heterocycles. The summed E-state index contributed by atoms with van der Waals surface area (Å²) in [5.41, 5.74) is 2.20. The maximum atomic E-state index is 12.2. The second kappa shape index (κ2) is 8.47. The Hall–Kier alpha value is -3.48. The molecule has 0 radical (unpaired) electrons. The minimum atomic E-state index is -0.772. The second-order valence-electron chi connectivity index (χ2n) is 6.56. The number of ether oxygens (including phenoxy) is 1. The minimum absolute atomic E-state index is 0.111. The number of esters is 1. The molecule has 0 unspecified atom stereocenters. The van der Waals surface area contributed by atoms with E-state index in [0.717, 1.165) is 10.2 Å². The van der Waals surface area contributed by atoms with E-state index in [4.69, 9.17) is 9.15 Å². The van der Waals surface area contributed by atoms with Crippen molar-refractivity contribution in [2.75, 3.05) is 6.61 Å². The number of hydrogen-bond acceptors (Lipinski definition) is 6. The van der Waals surface area contributed by atoms with Crippen molar-refractivity contribution in [1.29, 1.82) is 0 Å². The second-order valence-corrected chi connectivity index (χ2v) is 6.56. The van der Waals surface area contributed by atoms with Crippen LogP contribution in [0.25, 0.3) is 11.5 Å². The molecule has 0 atom stereocenters. The molecule has 3 aromatic rings. The molecule has 1 aromatic heterocycles. The summed E-state index contributed by atoms with van der Waals surface area (Å²) in [6.07, 6.45) is 0. The van der Waals surface area contributed by atoms with E-state index in [1.54, 1.807) is 36.4 Å². The normalized spacial score (nSPS) is 10.8. The molecule has 144 valence electrons. The van der Waals surface area contributed by atoms with Crippen LogP contribution in [-0.4, -0.2) is 28.1 Å². The zero-order valence-electron chi connectivity index (χ0n) is 15.6. The highest BCUT2D eigenvalue weighted by atomic mass is 16.5. The molecule has 7 heteroatoms. The number of nitrogens with zero attached hydrogens (tertiary/aromatic N) is 2. The number of hydrogen-bond donors (Lipinski definition) is 0. The predicted molar refractivity (Wildman–Crippen MR) is 102 cm³/mol. The van der Waals surface area contributed by atoms with E-state index in [0.29, 0.717) is 17.0 Å². The summed E-state index contributed by atoms with van der Waals surface area (Å²) in [6.45, 7) is 3.29. The summed E-state index contributed by atoms with van der Waals surface area (Å²) in [7, 11) is 0. The standard InChI is InChI=1S/C21H20N2O5/c1-14(2)15-8-10-16(11-9-15)18(24)13-27-19(25)12-23-21(26)28-20(22-23)17-6-4-3-5-7-17/h3-11,14H,12-13H2,1-2H3. The summed E-state index contributed by atoms with van der Waals surface area (Å²) < 4.78 is 10.9. The van der Waals surface area contributed by atoms with Crippen molar-refractivity contribution in [3.63, 3.8) is 0 Å². The average Bonchev–Trinajstić information content (AvgIpc) is 3.07. The molecule has 0 aliphatic rings. The fraction of sp³-hybridized carbons (Fsp3) is 0.238. The highest BCUT2D eigenvalue weighted by molar-refractivity contribution is 5.97. The van der Waals surface area contributed by atoms with E-state index in [1.165, 1.54) is 0 Å². The van der Waals surface area contributed by atoms with Crippen LogP contribution in [0, 0.1) is 0 Å². The van der Waals surface area contributed by atoms with Crippen molar-refractivity contribution >= 4 is 11.8 Å². The number of carbonyl (C=O) groups is 2. The van der Waals surface area contributed by atoms with Crippen LogP contribution in [-0.2, 0) is 16.1 Å². The van der Waals surface area contributed by atoms with Gasteiger partial charge in [0.05, 0.1) is 0 Å². The summed E-state index contributed by atoms with van der Waals surface area (Å²) in [6, 6.07) is 16.0. The lowest BCUT2D eigenvalue weighted by molar-refractivity contribution is -0.143. The smallest absolute Gasteiger partial charge is 0.437 e. The fourth-order valence-electron chi connectivity index (χ4n) is 2.55. The van der Waals surface area contributed by atoms with E-state index in [2.05, 4.69) is 18.9 Å². The van der Waals surface area contributed by atoms with Gasteiger partial charge in [-0.15, -0.1) is 5.10 Å². The molecule has 3 rings (SSSR count). The van der Waals surface area contributed by atoms with Gasteiger partial charge in [-0.05, 0) is 23.6 Å². The van der Waals surface area contributed by atoms with Gasteiger partial charge in [0, 0.05) is 11.1 Å². The molecule has 0 amide bonds. The molecule has 2 aromatic carbocycles. The Labute approximate surface area is 161 Å². The molecule has 0 aliphatic heterocycles. The lowest BCUT2D eigenvalue weighted by Crippen LogP contribution is -2.24. The van der Waals surface area contributed by atoms with Crippen LogP contribution in [0.15, 0.2) is 63.8 Å². The maximum absolute atomic E-state index is 12.2. The van der Waals surface area contributed by atoms with Crippen molar-refractivity contribution in [3.8, 4) is 11.5 Å². The Bertz CT molecular complexity index is 1020. The van der Waals surface area contributed by atoms with Crippen LogP contribution in [0.5, 0.6) is 0 Å². The maximum Gasteiger partial charge on any atom is 0.437 e. The molecule has 7 nitrogen and oxygen atoms in total. The van der Waals surface area contributed by atoms with Crippen molar-refractivity contribution in [3.05, 3.63) is 76.3 Å². The Morgan fingerprint density at radius 2 is 1.75 bits per heavy atom. The monoisotopic (exact) mass is 380 g/mol. The van der Waals surface area contributed by atoms with E-state index in [1.807, 2.05) is 18.2 Å². The highest BCUT2D eigenvalue weighted by Gasteiger charge is 2.15. The first kappa shape index (κ1) is 19.3. The van der Waals surface area contributed by atoms with Crippen LogP contribution in [0.3, 0.4) is 0 Å². The Kier molecular flexibility index (Phi) is 5.84. The van der Waals surface area contributed by atoms with Gasteiger partial charge in [0.25, 0.3) is 0 Å². The van der Waals surface area contributed by atoms with E-state index < -0.39 is 24.9 Å². The van der Waals surface area contributed by atoms with Crippen molar-refractivity contribution in [2.45, 2.75) is 26.3 Å². The van der Waals surface area contributed by atoms with Crippen LogP contribution >= 0.6 is 0 Å². The Balaban J connectivity index is 1.58. The first-order chi connectivity index (χ1) is 13.4. The van der Waals surface area contributed by atoms with Gasteiger partial charge in [-0.3, -0.25) is 9.59 Å². The Morgan fingerprint density at radius 3 is 2.39 bits per heavy atom. The van der Waals surface area contributed by atoms with Crippen molar-refractivity contribution in [1.82, 2.24) is 9.78 Å². The van der Waals surface area contributed by atoms with Gasteiger partial charge in [-0.1, -0.05) is 56.3 Å². The number of carbonyl (C=O) groups excluding carboxylic acids is 2. The molecule has 0 fully saturated rings. The predicted octanol–water partition coefficient (Wildman–Crippen LogP) is 3.05. The number of benzene rings is 2. The number of ketones is 1. The molecule has 0 spiro atoms. The SMILES string of the molecule is CC(C)c1ccc(C(=O)COC(=O)Cn2nc(-c3ccccc3)oc2=O)cc1. The van der Waals surface area contributed by atoms with Crippen molar-refractivity contribution in [2.24, 2.45) is 0 Å². The van der Waals surface area contributed by atoms with Crippen LogP contribution in [0.1, 0.15) is 35.7 Å². The van der Waals surface area contributed by atoms with Gasteiger partial charge in [-0.25, -0.2) is 4.79 Å². The van der Waals surface area contributed by atoms with Gasteiger partial charge in [0.2, 0.25) is 5.89 Å². The molecule has 0 N–H and O–H groups in total. The van der Waals surface area contributed by atoms with Crippen LogP contribution in [0.4, 0.5) is 0 Å². The summed E-state index contributed by atoms with van der Waals surface area (Å²) in [4.78, 5) is 36.0. The van der Waals surface area contributed by atoms with Gasteiger partial charge in [0.1, 0.15) is 6.54 Å². The topological polar surface area (TPSA) is 91.4 Å². The first-order valence-electron chi connectivity index (χ1n) is 8.86. The van der Waals surface area contributed by atoms with E-state index >= 15 is 0 Å². The molecule has 1 heterocycles. The van der Waals surface area contributed by atoms with Gasteiger partial charge in [0.15, 0.2) is 12.4 Å². The third-order valence-corrected chi connectivity index (χ3v) is 4.17. The molecule has 28 heavy (non-hydrogen) atoms. The Morgan fingerprint density at radius 1 is 1.07 bits per heavy atom. The summed E-state index contributed by atoms with van der Waals surface area (Å²) in [5.74, 6) is -1.36. The van der Waals surface area contributed by atoms with Crippen LogP contribution < -0.4 is 5.76 Å².